The molecule has 0 atom stereocenters. The summed E-state index contributed by atoms with van der Waals surface area (Å²) in [5.74, 6) is -0.102. The van der Waals surface area contributed by atoms with E-state index in [0.717, 1.165) is 17.6 Å². The molecule has 1 aliphatic heterocycles. The molecule has 134 valence electrons. The zero-order valence-corrected chi connectivity index (χ0v) is 15.2. The number of carbonyl (C=O) groups excluding carboxylic acids is 2. The van der Waals surface area contributed by atoms with Gasteiger partial charge in [-0.3, -0.25) is 9.52 Å². The van der Waals surface area contributed by atoms with Crippen LogP contribution in [0.5, 0.6) is 0 Å². The maximum Gasteiger partial charge on any atom is 0.409 e. The zero-order valence-electron chi connectivity index (χ0n) is 13.5. The van der Waals surface area contributed by atoms with E-state index in [4.69, 9.17) is 4.74 Å². The molecule has 1 saturated heterocycles. The molecular weight excluding hydrogens is 356 g/mol. The number of ether oxygens (including phenoxy) is 1. The number of thiazole rings is 1. The van der Waals surface area contributed by atoms with Gasteiger partial charge < -0.3 is 14.5 Å². The Morgan fingerprint density at radius 2 is 1.92 bits per heavy atom. The first kappa shape index (κ1) is 18.5. The van der Waals surface area contributed by atoms with Crippen molar-refractivity contribution < 1.29 is 22.7 Å². The summed E-state index contributed by atoms with van der Waals surface area (Å²) in [6, 6.07) is 0. The molecule has 2 heterocycles. The molecule has 0 spiro atoms. The Kier molecular flexibility index (Phi) is 5.99. The fraction of sp³-hybridized carbons (Fsp3) is 0.615. The van der Waals surface area contributed by atoms with Gasteiger partial charge in [-0.25, -0.2) is 18.2 Å². The summed E-state index contributed by atoms with van der Waals surface area (Å²) in [6.45, 7) is 3.82. The number of amides is 2. The van der Waals surface area contributed by atoms with E-state index in [-0.39, 0.29) is 23.6 Å². The smallest absolute Gasteiger partial charge is 0.409 e. The number of hydrogen-bond donors (Lipinski definition) is 1. The first-order valence-electron chi connectivity index (χ1n) is 7.40. The lowest BCUT2D eigenvalue weighted by molar-refractivity contribution is -0.132. The minimum Gasteiger partial charge on any atom is -0.450 e. The molecule has 0 aromatic carbocycles. The lowest BCUT2D eigenvalue weighted by Crippen LogP contribution is -2.51. The van der Waals surface area contributed by atoms with Gasteiger partial charge in [-0.15, -0.1) is 11.3 Å². The number of carbonyl (C=O) groups is 2. The van der Waals surface area contributed by atoms with E-state index in [2.05, 4.69) is 9.71 Å². The quantitative estimate of drug-likeness (QED) is 0.795. The molecule has 2 rings (SSSR count). The molecule has 1 aromatic rings. The average Bonchev–Trinajstić information content (AvgIpc) is 2.92. The zero-order chi connectivity index (χ0) is 17.7. The number of sulfonamides is 1. The average molecular weight is 376 g/mol. The van der Waals surface area contributed by atoms with Gasteiger partial charge in [0.2, 0.25) is 15.9 Å². The number of nitrogens with one attached hydrogen (secondary N) is 1. The second-order valence-electron chi connectivity index (χ2n) is 5.26. The highest BCUT2D eigenvalue weighted by molar-refractivity contribution is 7.92. The minimum absolute atomic E-state index is 0.0986. The number of aromatic nitrogens is 1. The number of nitrogens with zero attached hydrogens (tertiary/aromatic N) is 3. The molecule has 24 heavy (non-hydrogen) atoms. The van der Waals surface area contributed by atoms with Crippen LogP contribution in [0.15, 0.2) is 5.38 Å². The molecule has 2 amide bonds. The summed E-state index contributed by atoms with van der Waals surface area (Å²) in [5, 5.41) is 1.90. The third kappa shape index (κ3) is 5.34. The van der Waals surface area contributed by atoms with E-state index in [1.54, 1.807) is 22.1 Å². The third-order valence-corrected chi connectivity index (χ3v) is 4.82. The Morgan fingerprint density at radius 1 is 1.29 bits per heavy atom. The molecule has 9 nitrogen and oxygen atoms in total. The molecule has 0 radical (unpaired) electrons. The van der Waals surface area contributed by atoms with Crippen LogP contribution >= 0.6 is 11.3 Å². The molecule has 0 aliphatic carbocycles. The van der Waals surface area contributed by atoms with E-state index < -0.39 is 10.0 Å². The van der Waals surface area contributed by atoms with Crippen LogP contribution < -0.4 is 4.72 Å². The van der Waals surface area contributed by atoms with Gasteiger partial charge in [-0.1, -0.05) is 0 Å². The van der Waals surface area contributed by atoms with Crippen LogP contribution in [0.2, 0.25) is 0 Å². The lowest BCUT2D eigenvalue weighted by Gasteiger charge is -2.34. The first-order chi connectivity index (χ1) is 11.3. The maximum atomic E-state index is 12.3. The van der Waals surface area contributed by atoms with Crippen molar-refractivity contribution in [3.8, 4) is 0 Å². The van der Waals surface area contributed by atoms with Gasteiger partial charge >= 0.3 is 6.09 Å². The van der Waals surface area contributed by atoms with E-state index in [1.807, 2.05) is 0 Å². The number of hydrogen-bond acceptors (Lipinski definition) is 7. The van der Waals surface area contributed by atoms with Gasteiger partial charge in [-0.2, -0.15) is 0 Å². The molecule has 0 saturated carbocycles. The number of anilines is 1. The summed E-state index contributed by atoms with van der Waals surface area (Å²) >= 11 is 1.13. The molecule has 1 fully saturated rings. The largest absolute Gasteiger partial charge is 0.450 e. The Labute approximate surface area is 144 Å². The van der Waals surface area contributed by atoms with E-state index in [1.165, 1.54) is 0 Å². The highest BCUT2D eigenvalue weighted by Crippen LogP contribution is 2.17. The fourth-order valence-corrected chi connectivity index (χ4v) is 3.78. The van der Waals surface area contributed by atoms with Crippen LogP contribution in [0.4, 0.5) is 9.93 Å². The Hall–Kier alpha value is -1.88. The number of piperazine rings is 1. The summed E-state index contributed by atoms with van der Waals surface area (Å²) < 4.78 is 29.5. The van der Waals surface area contributed by atoms with Crippen LogP contribution in [0.3, 0.4) is 0 Å². The lowest BCUT2D eigenvalue weighted by atomic mass is 10.2. The minimum atomic E-state index is -3.38. The second-order valence-corrected chi connectivity index (χ2v) is 7.87. The van der Waals surface area contributed by atoms with Gasteiger partial charge in [-0.05, 0) is 6.92 Å². The van der Waals surface area contributed by atoms with Crippen molar-refractivity contribution in [3.05, 3.63) is 11.1 Å². The van der Waals surface area contributed by atoms with Crippen LogP contribution in [-0.2, 0) is 26.0 Å². The van der Waals surface area contributed by atoms with Crippen LogP contribution in [0.25, 0.3) is 0 Å². The van der Waals surface area contributed by atoms with Gasteiger partial charge in [0.25, 0.3) is 0 Å². The molecule has 11 heteroatoms. The van der Waals surface area contributed by atoms with Crippen LogP contribution in [0, 0.1) is 0 Å². The van der Waals surface area contributed by atoms with Crippen molar-refractivity contribution in [3.63, 3.8) is 0 Å². The maximum absolute atomic E-state index is 12.3. The summed E-state index contributed by atoms with van der Waals surface area (Å²) in [5.41, 5.74) is 0.518. The monoisotopic (exact) mass is 376 g/mol. The predicted molar refractivity (Wildman–Crippen MR) is 89.5 cm³/mol. The van der Waals surface area contributed by atoms with Crippen molar-refractivity contribution in [1.29, 1.82) is 0 Å². The van der Waals surface area contributed by atoms with Gasteiger partial charge in [0, 0.05) is 31.6 Å². The molecule has 1 aliphatic rings. The first-order valence-corrected chi connectivity index (χ1v) is 10.2. The van der Waals surface area contributed by atoms with Gasteiger partial charge in [0.05, 0.1) is 25.0 Å². The molecule has 0 unspecified atom stereocenters. The SMILES string of the molecule is CCOC(=O)N1CCN(C(=O)Cc2csc(NS(C)(=O)=O)n2)CC1. The molecule has 1 aromatic heterocycles. The highest BCUT2D eigenvalue weighted by atomic mass is 32.2. The molecular formula is C13H20N4O5S2. The van der Waals surface area contributed by atoms with Gasteiger partial charge in [0.15, 0.2) is 5.13 Å². The van der Waals surface area contributed by atoms with Crippen molar-refractivity contribution in [2.24, 2.45) is 0 Å². The molecule has 0 bridgehead atoms. The van der Waals surface area contributed by atoms with Gasteiger partial charge in [0.1, 0.15) is 0 Å². The van der Waals surface area contributed by atoms with Crippen LogP contribution in [0.1, 0.15) is 12.6 Å². The van der Waals surface area contributed by atoms with Crippen molar-refractivity contribution in [2.45, 2.75) is 13.3 Å². The van der Waals surface area contributed by atoms with E-state index in [9.17, 15) is 18.0 Å². The van der Waals surface area contributed by atoms with Crippen molar-refractivity contribution in [1.82, 2.24) is 14.8 Å². The summed E-state index contributed by atoms with van der Waals surface area (Å²) in [4.78, 5) is 31.2. The third-order valence-electron chi connectivity index (χ3n) is 3.32. The second kappa shape index (κ2) is 7.79. The topological polar surface area (TPSA) is 109 Å². The standard InChI is InChI=1S/C13H20N4O5S2/c1-3-22-13(19)17-6-4-16(5-7-17)11(18)8-10-9-23-12(14-10)15-24(2,20)21/h9H,3-8H2,1-2H3,(H,14,15). The van der Waals surface area contributed by atoms with Crippen molar-refractivity contribution >= 4 is 38.5 Å². The summed E-state index contributed by atoms with van der Waals surface area (Å²) in [6.07, 6.45) is 0.782. The van der Waals surface area contributed by atoms with E-state index >= 15 is 0 Å². The Balaban J connectivity index is 1.85. The fourth-order valence-electron chi connectivity index (χ4n) is 2.21. The van der Waals surface area contributed by atoms with Crippen LogP contribution in [-0.4, -0.2) is 74.2 Å². The van der Waals surface area contributed by atoms with E-state index in [0.29, 0.717) is 38.5 Å². The highest BCUT2D eigenvalue weighted by Gasteiger charge is 2.25. The van der Waals surface area contributed by atoms with Crippen molar-refractivity contribution in [2.75, 3.05) is 43.8 Å². The predicted octanol–water partition coefficient (Wildman–Crippen LogP) is 0.358. The normalized spacial score (nSPS) is 15.2. The summed E-state index contributed by atoms with van der Waals surface area (Å²) in [7, 11) is -3.38. The molecule has 1 N–H and O–H groups in total. The Bertz CT molecular complexity index is 695. The Morgan fingerprint density at radius 3 is 2.50 bits per heavy atom. The number of rotatable bonds is 5.